The highest BCUT2D eigenvalue weighted by Crippen LogP contribution is 2.39. The topological polar surface area (TPSA) is 52.6 Å². The third kappa shape index (κ3) is 5.16. The van der Waals surface area contributed by atoms with Crippen molar-refractivity contribution in [1.82, 2.24) is 4.31 Å². The number of ether oxygens (including phenoxy) is 1. The van der Waals surface area contributed by atoms with Gasteiger partial charge in [-0.05, 0) is 71.6 Å². The van der Waals surface area contributed by atoms with Gasteiger partial charge >= 0.3 is 5.97 Å². The first kappa shape index (κ1) is 21.5. The quantitative estimate of drug-likeness (QED) is 0.544. The van der Waals surface area contributed by atoms with E-state index in [1.54, 1.807) is 0 Å². The van der Waals surface area contributed by atoms with Crippen molar-refractivity contribution in [2.45, 2.75) is 64.7 Å². The molecule has 1 aromatic carbocycles. The molecule has 0 radical (unpaired) electrons. The van der Waals surface area contributed by atoms with Gasteiger partial charge in [0.05, 0.1) is 24.6 Å². The minimum absolute atomic E-state index is 0.124. The largest absolute Gasteiger partial charge is 0.597 e. The fourth-order valence-corrected chi connectivity index (χ4v) is 4.98. The van der Waals surface area contributed by atoms with Crippen molar-refractivity contribution in [3.63, 3.8) is 0 Å². The molecule has 1 aromatic rings. The van der Waals surface area contributed by atoms with E-state index in [2.05, 4.69) is 0 Å². The van der Waals surface area contributed by atoms with E-state index >= 15 is 0 Å². The molecule has 0 spiro atoms. The van der Waals surface area contributed by atoms with Crippen LogP contribution in [0.25, 0.3) is 0 Å². The van der Waals surface area contributed by atoms with Gasteiger partial charge in [0.25, 0.3) is 0 Å². The fourth-order valence-electron chi connectivity index (χ4n) is 3.30. The molecule has 2 rings (SSSR count). The summed E-state index contributed by atoms with van der Waals surface area (Å²) in [5.74, 6) is -0.194. The van der Waals surface area contributed by atoms with Gasteiger partial charge in [0, 0.05) is 16.4 Å². The van der Waals surface area contributed by atoms with Crippen LogP contribution in [0.2, 0.25) is 5.02 Å². The Bertz CT molecular complexity index is 616. The highest BCUT2D eigenvalue weighted by molar-refractivity contribution is 7.90. The standard InChI is InChI=1S/C20H30ClNO3S/c1-6-25-18(23)20(5)12-11-17(13-15-7-9-16(21)10-8-15)22(14-20)26(24)19(2,3)4/h7-10,17H,6,11-14H2,1-5H3/t17-,20?,26?/m1/s1. The molecular formula is C20H30ClNO3S. The second-order valence-electron chi connectivity index (χ2n) is 8.24. The molecule has 6 heteroatoms. The Morgan fingerprint density at radius 2 is 2.00 bits per heavy atom. The van der Waals surface area contributed by atoms with Gasteiger partial charge in [0.15, 0.2) is 0 Å². The first-order valence-corrected chi connectivity index (χ1v) is 10.7. The molecule has 0 aliphatic carbocycles. The number of hydrogen-bond donors (Lipinski definition) is 0. The van der Waals surface area contributed by atoms with Crippen LogP contribution in [-0.2, 0) is 27.3 Å². The highest BCUT2D eigenvalue weighted by Gasteiger charge is 2.49. The average Bonchev–Trinajstić information content (AvgIpc) is 2.57. The summed E-state index contributed by atoms with van der Waals surface area (Å²) in [7, 11) is 0. The molecular weight excluding hydrogens is 370 g/mol. The van der Waals surface area contributed by atoms with Gasteiger partial charge in [-0.2, -0.15) is 0 Å². The first-order valence-electron chi connectivity index (χ1n) is 9.17. The number of carbonyl (C=O) groups is 1. The van der Waals surface area contributed by atoms with Crippen molar-refractivity contribution in [3.8, 4) is 0 Å². The molecule has 1 aliphatic rings. The molecule has 0 saturated carbocycles. The van der Waals surface area contributed by atoms with E-state index in [1.807, 2.05) is 63.2 Å². The van der Waals surface area contributed by atoms with Crippen LogP contribution >= 0.6 is 11.6 Å². The monoisotopic (exact) mass is 399 g/mol. The number of rotatable bonds is 5. The number of piperidine rings is 1. The maximum absolute atomic E-state index is 13.2. The van der Waals surface area contributed by atoms with Gasteiger partial charge in [-0.15, -0.1) is 4.31 Å². The van der Waals surface area contributed by atoms with Gasteiger partial charge in [-0.1, -0.05) is 23.7 Å². The Balaban J connectivity index is 2.24. The van der Waals surface area contributed by atoms with Crippen molar-refractivity contribution < 1.29 is 14.1 Å². The molecule has 3 atom stereocenters. The normalized spacial score (nSPS) is 25.7. The zero-order valence-electron chi connectivity index (χ0n) is 16.4. The van der Waals surface area contributed by atoms with Gasteiger partial charge in [0.2, 0.25) is 0 Å². The molecule has 26 heavy (non-hydrogen) atoms. The molecule has 146 valence electrons. The van der Waals surface area contributed by atoms with E-state index in [-0.39, 0.29) is 16.8 Å². The van der Waals surface area contributed by atoms with Gasteiger partial charge < -0.3 is 9.29 Å². The van der Waals surface area contributed by atoms with Crippen molar-refractivity contribution in [2.24, 2.45) is 5.41 Å². The number of esters is 1. The molecule has 1 saturated heterocycles. The van der Waals surface area contributed by atoms with Crippen LogP contribution in [0, 0.1) is 5.41 Å². The third-order valence-electron chi connectivity index (χ3n) is 4.83. The van der Waals surface area contributed by atoms with E-state index in [0.717, 1.165) is 24.8 Å². The van der Waals surface area contributed by atoms with Crippen molar-refractivity contribution >= 4 is 28.9 Å². The Morgan fingerprint density at radius 1 is 1.38 bits per heavy atom. The van der Waals surface area contributed by atoms with Crippen LogP contribution < -0.4 is 0 Å². The summed E-state index contributed by atoms with van der Waals surface area (Å²) in [5.41, 5.74) is 0.544. The van der Waals surface area contributed by atoms with Crippen molar-refractivity contribution in [1.29, 1.82) is 0 Å². The fraction of sp³-hybridized carbons (Fsp3) is 0.650. The summed E-state index contributed by atoms with van der Waals surface area (Å²) < 4.78 is 20.1. The van der Waals surface area contributed by atoms with Crippen LogP contribution in [0.5, 0.6) is 0 Å². The van der Waals surface area contributed by atoms with Crippen LogP contribution in [0.3, 0.4) is 0 Å². The second-order valence-corrected chi connectivity index (χ2v) is 10.9. The molecule has 0 bridgehead atoms. The average molecular weight is 400 g/mol. The van der Waals surface area contributed by atoms with Gasteiger partial charge in [-0.25, -0.2) is 0 Å². The number of halogens is 1. The van der Waals surface area contributed by atoms with E-state index in [4.69, 9.17) is 16.3 Å². The number of carbonyl (C=O) groups excluding carboxylic acids is 1. The van der Waals surface area contributed by atoms with E-state index in [1.165, 1.54) is 0 Å². The smallest absolute Gasteiger partial charge is 0.313 e. The lowest BCUT2D eigenvalue weighted by Gasteiger charge is -2.45. The lowest BCUT2D eigenvalue weighted by atomic mass is 9.79. The van der Waals surface area contributed by atoms with Crippen LogP contribution in [-0.4, -0.2) is 38.8 Å². The summed E-state index contributed by atoms with van der Waals surface area (Å²) in [6.07, 6.45) is 2.33. The van der Waals surface area contributed by atoms with E-state index in [9.17, 15) is 9.35 Å². The SMILES string of the molecule is CCOC(=O)C1(C)CC[C@H](Cc2ccc(Cl)cc2)N([S+]([O-])C(C)(C)C)C1. The summed E-state index contributed by atoms with van der Waals surface area (Å²) in [5, 5.41) is 0.711. The van der Waals surface area contributed by atoms with E-state index in [0.29, 0.717) is 18.2 Å². The molecule has 1 heterocycles. The van der Waals surface area contributed by atoms with E-state index < -0.39 is 16.8 Å². The Hall–Kier alpha value is -0.750. The molecule has 4 nitrogen and oxygen atoms in total. The Kier molecular flexibility index (Phi) is 7.05. The van der Waals surface area contributed by atoms with Crippen LogP contribution in [0.4, 0.5) is 0 Å². The summed E-state index contributed by atoms with van der Waals surface area (Å²) in [6.45, 7) is 10.5. The number of hydrogen-bond acceptors (Lipinski definition) is 4. The number of nitrogens with zero attached hydrogens (tertiary/aromatic N) is 1. The second kappa shape index (κ2) is 8.51. The van der Waals surface area contributed by atoms with Crippen LogP contribution in [0.15, 0.2) is 24.3 Å². The lowest BCUT2D eigenvalue weighted by molar-refractivity contribution is -0.157. The predicted molar refractivity (Wildman–Crippen MR) is 108 cm³/mol. The molecule has 0 aromatic heterocycles. The predicted octanol–water partition coefficient (Wildman–Crippen LogP) is 4.38. The van der Waals surface area contributed by atoms with Crippen LogP contribution in [0.1, 0.15) is 53.0 Å². The maximum Gasteiger partial charge on any atom is 0.313 e. The maximum atomic E-state index is 13.2. The molecule has 1 aliphatic heterocycles. The minimum Gasteiger partial charge on any atom is -0.597 e. The lowest BCUT2D eigenvalue weighted by Crippen LogP contribution is -2.57. The zero-order valence-corrected chi connectivity index (χ0v) is 18.0. The summed E-state index contributed by atoms with van der Waals surface area (Å²) >= 11 is 4.79. The zero-order chi connectivity index (χ0) is 19.5. The van der Waals surface area contributed by atoms with Gasteiger partial charge in [-0.3, -0.25) is 4.79 Å². The van der Waals surface area contributed by atoms with Gasteiger partial charge in [0.1, 0.15) is 4.75 Å². The Morgan fingerprint density at radius 3 is 2.54 bits per heavy atom. The summed E-state index contributed by atoms with van der Waals surface area (Å²) in [6, 6.07) is 7.92. The molecule has 2 unspecified atom stereocenters. The molecule has 0 N–H and O–H groups in total. The first-order chi connectivity index (χ1) is 12.1. The van der Waals surface area contributed by atoms with Crippen molar-refractivity contribution in [2.75, 3.05) is 13.2 Å². The minimum atomic E-state index is -1.20. The number of benzene rings is 1. The highest BCUT2D eigenvalue weighted by atomic mass is 35.5. The van der Waals surface area contributed by atoms with Crippen molar-refractivity contribution in [3.05, 3.63) is 34.9 Å². The third-order valence-corrected chi connectivity index (χ3v) is 6.98. The Labute approximate surface area is 165 Å². The molecule has 0 amide bonds. The molecule has 1 fully saturated rings. The summed E-state index contributed by atoms with van der Waals surface area (Å²) in [4.78, 5) is 12.5.